The first-order valence-corrected chi connectivity index (χ1v) is 4.65. The second-order valence-corrected chi connectivity index (χ2v) is 3.59. The highest BCUT2D eigenvalue weighted by Gasteiger charge is 2.14. The van der Waals surface area contributed by atoms with Gasteiger partial charge in [0.2, 0.25) is 5.91 Å². The fraction of sp³-hybridized carbons (Fsp3) is 0.750. The highest BCUT2D eigenvalue weighted by Crippen LogP contribution is 1.92. The third-order valence-corrected chi connectivity index (χ3v) is 1.59. The molecular weight excluding hydrogens is 208 g/mol. The van der Waals surface area contributed by atoms with Gasteiger partial charge in [-0.3, -0.25) is 10.1 Å². The number of rotatable bonds is 4. The number of hydrogen-bond donors (Lipinski definition) is 2. The van der Waals surface area contributed by atoms with Gasteiger partial charge in [0.1, 0.15) is 5.38 Å². The van der Waals surface area contributed by atoms with Crippen LogP contribution in [0.25, 0.3) is 0 Å². The number of carbonyl (C=O) groups is 2. The van der Waals surface area contributed by atoms with E-state index in [0.29, 0.717) is 6.61 Å². The van der Waals surface area contributed by atoms with E-state index in [-0.39, 0.29) is 6.04 Å². The van der Waals surface area contributed by atoms with Gasteiger partial charge in [-0.25, -0.2) is 4.79 Å². The zero-order valence-electron chi connectivity index (χ0n) is 8.46. The highest BCUT2D eigenvalue weighted by atomic mass is 35.5. The molecule has 0 aromatic heterocycles. The molecular formula is C8H15ClN2O3. The zero-order chi connectivity index (χ0) is 11.1. The number of hydrogen-bond acceptors (Lipinski definition) is 3. The van der Waals surface area contributed by atoms with Gasteiger partial charge in [-0.05, 0) is 13.8 Å². The molecule has 0 aliphatic heterocycles. The third-order valence-electron chi connectivity index (χ3n) is 1.39. The van der Waals surface area contributed by atoms with Crippen molar-refractivity contribution in [2.75, 3.05) is 13.7 Å². The smallest absolute Gasteiger partial charge is 0.321 e. The maximum absolute atomic E-state index is 11.1. The number of imide groups is 1. The molecule has 0 spiro atoms. The summed E-state index contributed by atoms with van der Waals surface area (Å²) in [4.78, 5) is 22.0. The summed E-state index contributed by atoms with van der Waals surface area (Å²) in [5.41, 5.74) is 0. The maximum Gasteiger partial charge on any atom is 0.321 e. The van der Waals surface area contributed by atoms with Crippen LogP contribution in [0.3, 0.4) is 0 Å². The van der Waals surface area contributed by atoms with Gasteiger partial charge in [-0.15, -0.1) is 11.6 Å². The lowest BCUT2D eigenvalue weighted by atomic mass is 10.4. The van der Waals surface area contributed by atoms with E-state index in [1.807, 2.05) is 0 Å². The number of halogens is 1. The van der Waals surface area contributed by atoms with Crippen molar-refractivity contribution in [3.8, 4) is 0 Å². The second kappa shape index (κ2) is 6.62. The van der Waals surface area contributed by atoms with Crippen LogP contribution in [0.2, 0.25) is 0 Å². The first-order valence-electron chi connectivity index (χ1n) is 4.21. The van der Waals surface area contributed by atoms with Crippen LogP contribution in [0.4, 0.5) is 4.79 Å². The Bertz CT molecular complexity index is 209. The highest BCUT2D eigenvalue weighted by molar-refractivity contribution is 6.31. The number of methoxy groups -OCH3 is 1. The van der Waals surface area contributed by atoms with E-state index in [4.69, 9.17) is 16.3 Å². The van der Waals surface area contributed by atoms with Crippen LogP contribution in [0.1, 0.15) is 13.8 Å². The van der Waals surface area contributed by atoms with Crippen LogP contribution in [-0.4, -0.2) is 37.1 Å². The third kappa shape index (κ3) is 5.77. The topological polar surface area (TPSA) is 67.4 Å². The lowest BCUT2D eigenvalue weighted by molar-refractivity contribution is -0.119. The van der Waals surface area contributed by atoms with Crippen LogP contribution < -0.4 is 10.6 Å². The van der Waals surface area contributed by atoms with Gasteiger partial charge in [0.15, 0.2) is 0 Å². The number of ether oxygens (including phenoxy) is 1. The molecule has 0 bridgehead atoms. The number of amides is 3. The second-order valence-electron chi connectivity index (χ2n) is 2.94. The number of alkyl halides is 1. The Balaban J connectivity index is 3.81. The number of carbonyl (C=O) groups excluding carboxylic acids is 2. The van der Waals surface area contributed by atoms with Crippen molar-refractivity contribution in [3.05, 3.63) is 0 Å². The SMILES string of the molecule is COC[C@@H](C)NC(=O)NC(=O)[C@@H](C)Cl. The van der Waals surface area contributed by atoms with Gasteiger partial charge in [0, 0.05) is 7.11 Å². The van der Waals surface area contributed by atoms with Crippen LogP contribution in [0.15, 0.2) is 0 Å². The average molecular weight is 223 g/mol. The summed E-state index contributed by atoms with van der Waals surface area (Å²) in [6.45, 7) is 3.64. The van der Waals surface area contributed by atoms with Crippen LogP contribution in [-0.2, 0) is 9.53 Å². The average Bonchev–Trinajstić information content (AvgIpc) is 2.03. The van der Waals surface area contributed by atoms with Crippen molar-refractivity contribution >= 4 is 23.5 Å². The molecule has 0 saturated carbocycles. The summed E-state index contributed by atoms with van der Waals surface area (Å²) in [5, 5.41) is 3.88. The fourth-order valence-corrected chi connectivity index (χ4v) is 0.817. The van der Waals surface area contributed by atoms with Crippen molar-refractivity contribution in [3.63, 3.8) is 0 Å². The molecule has 5 nitrogen and oxygen atoms in total. The molecule has 0 aliphatic carbocycles. The lowest BCUT2D eigenvalue weighted by Crippen LogP contribution is -2.46. The zero-order valence-corrected chi connectivity index (χ0v) is 9.22. The summed E-state index contributed by atoms with van der Waals surface area (Å²) in [6.07, 6.45) is 0. The number of nitrogens with one attached hydrogen (secondary N) is 2. The van der Waals surface area contributed by atoms with E-state index in [2.05, 4.69) is 10.6 Å². The van der Waals surface area contributed by atoms with Crippen molar-refractivity contribution in [1.82, 2.24) is 10.6 Å². The molecule has 0 aromatic rings. The van der Waals surface area contributed by atoms with E-state index < -0.39 is 17.3 Å². The summed E-state index contributed by atoms with van der Waals surface area (Å²) in [7, 11) is 1.53. The molecule has 0 radical (unpaired) electrons. The minimum absolute atomic E-state index is 0.154. The van der Waals surface area contributed by atoms with Gasteiger partial charge < -0.3 is 10.1 Å². The lowest BCUT2D eigenvalue weighted by Gasteiger charge is -2.13. The molecule has 0 saturated heterocycles. The van der Waals surface area contributed by atoms with Gasteiger partial charge in [-0.1, -0.05) is 0 Å². The fourth-order valence-electron chi connectivity index (χ4n) is 0.763. The molecule has 82 valence electrons. The molecule has 14 heavy (non-hydrogen) atoms. The summed E-state index contributed by atoms with van der Waals surface area (Å²) in [5.74, 6) is -0.520. The minimum atomic E-state index is -0.724. The summed E-state index contributed by atoms with van der Waals surface area (Å²) < 4.78 is 4.80. The largest absolute Gasteiger partial charge is 0.383 e. The Morgan fingerprint density at radius 2 is 2.00 bits per heavy atom. The molecule has 0 rings (SSSR count). The maximum atomic E-state index is 11.1. The quantitative estimate of drug-likeness (QED) is 0.680. The molecule has 0 heterocycles. The Morgan fingerprint density at radius 3 is 2.43 bits per heavy atom. The van der Waals surface area contributed by atoms with E-state index >= 15 is 0 Å². The van der Waals surface area contributed by atoms with E-state index in [9.17, 15) is 9.59 Å². The van der Waals surface area contributed by atoms with Crippen molar-refractivity contribution < 1.29 is 14.3 Å². The monoisotopic (exact) mass is 222 g/mol. The van der Waals surface area contributed by atoms with E-state index in [1.54, 1.807) is 6.92 Å². The van der Waals surface area contributed by atoms with E-state index in [0.717, 1.165) is 0 Å². The van der Waals surface area contributed by atoms with Crippen molar-refractivity contribution in [2.45, 2.75) is 25.3 Å². The van der Waals surface area contributed by atoms with Gasteiger partial charge in [-0.2, -0.15) is 0 Å². The molecule has 2 atom stereocenters. The first-order chi connectivity index (χ1) is 6.47. The van der Waals surface area contributed by atoms with E-state index in [1.165, 1.54) is 14.0 Å². The normalized spacial score (nSPS) is 14.3. The molecule has 2 N–H and O–H groups in total. The Labute approximate surface area is 88.1 Å². The Kier molecular flexibility index (Phi) is 6.23. The molecule has 0 aliphatic rings. The predicted molar refractivity (Wildman–Crippen MR) is 53.3 cm³/mol. The minimum Gasteiger partial charge on any atom is -0.383 e. The Morgan fingerprint density at radius 1 is 1.43 bits per heavy atom. The molecule has 0 fully saturated rings. The summed E-state index contributed by atoms with van der Waals surface area (Å²) in [6, 6.07) is -0.717. The van der Waals surface area contributed by atoms with Gasteiger partial charge in [0.05, 0.1) is 12.6 Å². The van der Waals surface area contributed by atoms with Crippen LogP contribution >= 0.6 is 11.6 Å². The van der Waals surface area contributed by atoms with Gasteiger partial charge in [0.25, 0.3) is 0 Å². The summed E-state index contributed by atoms with van der Waals surface area (Å²) >= 11 is 5.45. The number of urea groups is 1. The Hall–Kier alpha value is -0.810. The van der Waals surface area contributed by atoms with Crippen molar-refractivity contribution in [1.29, 1.82) is 0 Å². The van der Waals surface area contributed by atoms with Crippen LogP contribution in [0.5, 0.6) is 0 Å². The van der Waals surface area contributed by atoms with Gasteiger partial charge >= 0.3 is 6.03 Å². The predicted octanol–water partition coefficient (Wildman–Crippen LogP) is 0.474. The first kappa shape index (κ1) is 13.2. The van der Waals surface area contributed by atoms with Crippen LogP contribution in [0, 0.1) is 0 Å². The molecule has 0 unspecified atom stereocenters. The standard InChI is InChI=1S/C8H15ClN2O3/c1-5(4-14-3)10-8(13)11-7(12)6(2)9/h5-6H,4H2,1-3H3,(H2,10,11,12,13)/t5-,6-/m1/s1. The van der Waals surface area contributed by atoms with Crippen molar-refractivity contribution in [2.24, 2.45) is 0 Å². The molecule has 3 amide bonds. The molecule has 0 aromatic carbocycles. The molecule has 6 heteroatoms.